The Kier molecular flexibility index (Phi) is 4.08. The first-order valence-electron chi connectivity index (χ1n) is 6.14. The van der Waals surface area contributed by atoms with Gasteiger partial charge in [0.15, 0.2) is 6.10 Å². The lowest BCUT2D eigenvalue weighted by molar-refractivity contribution is -0.154. The van der Waals surface area contributed by atoms with Crippen LogP contribution in [0.5, 0.6) is 5.75 Å². The molecule has 4 N–H and O–H groups in total. The highest BCUT2D eigenvalue weighted by molar-refractivity contribution is 5.99. The molecule has 0 saturated heterocycles. The van der Waals surface area contributed by atoms with Crippen LogP contribution in [0.3, 0.4) is 0 Å². The van der Waals surface area contributed by atoms with E-state index in [0.717, 1.165) is 6.92 Å². The van der Waals surface area contributed by atoms with Crippen LogP contribution in [0, 0.1) is 0 Å². The van der Waals surface area contributed by atoms with Crippen LogP contribution in [0.25, 0.3) is 0 Å². The summed E-state index contributed by atoms with van der Waals surface area (Å²) in [5.41, 5.74) is 0.867. The summed E-state index contributed by atoms with van der Waals surface area (Å²) >= 11 is 0. The Labute approximate surface area is 119 Å². The number of aliphatic carboxylic acids is 1. The smallest absolute Gasteiger partial charge is 0.317 e. The molecule has 0 aliphatic carbocycles. The van der Waals surface area contributed by atoms with Gasteiger partial charge in [0, 0.05) is 18.2 Å². The number of aromatic hydroxyl groups is 1. The third-order valence-electron chi connectivity index (χ3n) is 2.96. The number of phenolic OH excluding ortho intramolecular Hbond substituents is 1. The summed E-state index contributed by atoms with van der Waals surface area (Å²) in [5, 5.41) is 23.5. The maximum absolute atomic E-state index is 12.0. The highest BCUT2D eigenvalue weighted by atomic mass is 16.5. The molecular formula is C13H14N2O6. The van der Waals surface area contributed by atoms with Crippen LogP contribution in [-0.4, -0.2) is 40.7 Å². The number of esters is 1. The van der Waals surface area contributed by atoms with E-state index in [1.807, 2.05) is 0 Å². The van der Waals surface area contributed by atoms with Crippen molar-refractivity contribution in [2.24, 2.45) is 0 Å². The van der Waals surface area contributed by atoms with Gasteiger partial charge in [-0.15, -0.1) is 0 Å². The van der Waals surface area contributed by atoms with E-state index in [2.05, 4.69) is 10.6 Å². The average Bonchev–Trinajstić information content (AvgIpc) is 2.38. The minimum absolute atomic E-state index is 0.0476. The quantitative estimate of drug-likeness (QED) is 0.454. The van der Waals surface area contributed by atoms with Gasteiger partial charge in [-0.3, -0.25) is 19.7 Å². The molecule has 0 aromatic heterocycles. The topological polar surface area (TPSA) is 125 Å². The minimum atomic E-state index is -1.21. The lowest BCUT2D eigenvalue weighted by Gasteiger charge is -2.32. The van der Waals surface area contributed by atoms with Crippen LogP contribution in [0.1, 0.15) is 18.5 Å². The molecule has 1 amide bonds. The molecule has 1 aliphatic heterocycles. The summed E-state index contributed by atoms with van der Waals surface area (Å²) in [7, 11) is 0. The minimum Gasteiger partial charge on any atom is -0.508 e. The van der Waals surface area contributed by atoms with E-state index >= 15 is 0 Å². The molecule has 8 heteroatoms. The standard InChI is InChI=1S/C13H14N2O6/c1-6(16)21-12-11(14-5-10(18)19)8-4-7(17)2-3-9(8)15-13(12)20/h2-4,11-12,14,17H,5H2,1H3,(H,15,20)(H,18,19). The van der Waals surface area contributed by atoms with E-state index < -0.39 is 36.5 Å². The normalized spacial score (nSPS) is 20.3. The molecule has 8 nitrogen and oxygen atoms in total. The monoisotopic (exact) mass is 294 g/mol. The van der Waals surface area contributed by atoms with Crippen molar-refractivity contribution in [3.63, 3.8) is 0 Å². The Morgan fingerprint density at radius 2 is 2.14 bits per heavy atom. The Balaban J connectivity index is 2.39. The molecule has 0 radical (unpaired) electrons. The van der Waals surface area contributed by atoms with Crippen molar-refractivity contribution in [2.45, 2.75) is 19.1 Å². The van der Waals surface area contributed by atoms with Crippen LogP contribution < -0.4 is 10.6 Å². The van der Waals surface area contributed by atoms with Crippen molar-refractivity contribution in [2.75, 3.05) is 11.9 Å². The number of benzene rings is 1. The number of amides is 1. The highest BCUT2D eigenvalue weighted by Gasteiger charge is 2.38. The number of fused-ring (bicyclic) bond motifs is 1. The SMILES string of the molecule is CC(=O)OC1C(=O)Nc2ccc(O)cc2C1NCC(=O)O. The van der Waals surface area contributed by atoms with Gasteiger partial charge < -0.3 is 20.3 Å². The zero-order chi connectivity index (χ0) is 15.6. The number of carboxylic acids is 1. The second-order valence-electron chi connectivity index (χ2n) is 4.54. The molecule has 2 unspecified atom stereocenters. The van der Waals surface area contributed by atoms with E-state index in [-0.39, 0.29) is 5.75 Å². The van der Waals surface area contributed by atoms with Gasteiger partial charge in [-0.2, -0.15) is 0 Å². The Morgan fingerprint density at radius 3 is 2.76 bits per heavy atom. The predicted molar refractivity (Wildman–Crippen MR) is 70.7 cm³/mol. The van der Waals surface area contributed by atoms with Gasteiger partial charge in [-0.1, -0.05) is 0 Å². The van der Waals surface area contributed by atoms with Crippen LogP contribution in [-0.2, 0) is 19.1 Å². The van der Waals surface area contributed by atoms with Gasteiger partial charge in [0.05, 0.1) is 12.6 Å². The lowest BCUT2D eigenvalue weighted by Crippen LogP contribution is -2.47. The fourth-order valence-corrected chi connectivity index (χ4v) is 2.15. The van der Waals surface area contributed by atoms with Crippen LogP contribution in [0.15, 0.2) is 18.2 Å². The van der Waals surface area contributed by atoms with E-state index in [4.69, 9.17) is 9.84 Å². The second-order valence-corrected chi connectivity index (χ2v) is 4.54. The van der Waals surface area contributed by atoms with Gasteiger partial charge in [0.25, 0.3) is 5.91 Å². The number of carbonyl (C=O) groups excluding carboxylic acids is 2. The maximum atomic E-state index is 12.0. The van der Waals surface area contributed by atoms with Crippen molar-refractivity contribution >= 4 is 23.5 Å². The third kappa shape index (κ3) is 3.29. The zero-order valence-electron chi connectivity index (χ0n) is 11.1. The Morgan fingerprint density at radius 1 is 1.43 bits per heavy atom. The van der Waals surface area contributed by atoms with Gasteiger partial charge in [-0.05, 0) is 18.2 Å². The molecule has 2 atom stereocenters. The molecule has 0 fully saturated rings. The van der Waals surface area contributed by atoms with E-state index in [0.29, 0.717) is 11.3 Å². The van der Waals surface area contributed by atoms with Crippen LogP contribution in [0.4, 0.5) is 5.69 Å². The number of rotatable bonds is 4. The number of phenols is 1. The largest absolute Gasteiger partial charge is 0.508 e. The molecule has 112 valence electrons. The Bertz CT molecular complexity index is 600. The van der Waals surface area contributed by atoms with E-state index in [1.54, 1.807) is 0 Å². The number of hydrogen-bond donors (Lipinski definition) is 4. The van der Waals surface area contributed by atoms with E-state index in [9.17, 15) is 19.5 Å². The number of carbonyl (C=O) groups is 3. The molecule has 1 aliphatic rings. The Hall–Kier alpha value is -2.61. The van der Waals surface area contributed by atoms with Gasteiger partial charge in [0.1, 0.15) is 5.75 Å². The van der Waals surface area contributed by atoms with Crippen LogP contribution in [0.2, 0.25) is 0 Å². The van der Waals surface area contributed by atoms with Gasteiger partial charge >= 0.3 is 11.9 Å². The fourth-order valence-electron chi connectivity index (χ4n) is 2.15. The summed E-state index contributed by atoms with van der Waals surface area (Å²) in [6.45, 7) is 0.727. The van der Waals surface area contributed by atoms with Gasteiger partial charge in [-0.25, -0.2) is 0 Å². The molecule has 1 aromatic rings. The first-order valence-corrected chi connectivity index (χ1v) is 6.14. The molecule has 0 bridgehead atoms. The number of anilines is 1. The molecule has 1 aromatic carbocycles. The summed E-state index contributed by atoms with van der Waals surface area (Å²) in [4.78, 5) is 33.8. The summed E-state index contributed by atoms with van der Waals surface area (Å²) in [6, 6.07) is 3.40. The molecule has 1 heterocycles. The first kappa shape index (κ1) is 14.8. The predicted octanol–water partition coefficient (Wildman–Crippen LogP) is -0.00870. The maximum Gasteiger partial charge on any atom is 0.317 e. The van der Waals surface area contributed by atoms with Gasteiger partial charge in [0.2, 0.25) is 0 Å². The van der Waals surface area contributed by atoms with Crippen molar-refractivity contribution in [1.82, 2.24) is 5.32 Å². The van der Waals surface area contributed by atoms with Crippen LogP contribution >= 0.6 is 0 Å². The molecule has 21 heavy (non-hydrogen) atoms. The van der Waals surface area contributed by atoms with Crippen molar-refractivity contribution in [3.05, 3.63) is 23.8 Å². The second kappa shape index (κ2) is 5.80. The summed E-state index contributed by atoms with van der Waals surface area (Å²) < 4.78 is 4.96. The third-order valence-corrected chi connectivity index (χ3v) is 2.96. The molecule has 0 spiro atoms. The summed E-state index contributed by atoms with van der Waals surface area (Å²) in [6.07, 6.45) is -1.21. The lowest BCUT2D eigenvalue weighted by atomic mass is 9.94. The fraction of sp³-hybridized carbons (Fsp3) is 0.308. The number of ether oxygens (including phenoxy) is 1. The van der Waals surface area contributed by atoms with Crippen molar-refractivity contribution < 1.29 is 29.3 Å². The summed E-state index contributed by atoms with van der Waals surface area (Å²) in [5.74, 6) is -2.40. The molecular weight excluding hydrogens is 280 g/mol. The number of carboxylic acid groups (broad SMARTS) is 1. The number of hydrogen-bond acceptors (Lipinski definition) is 6. The number of nitrogens with one attached hydrogen (secondary N) is 2. The molecule has 2 rings (SSSR count). The van der Waals surface area contributed by atoms with E-state index in [1.165, 1.54) is 18.2 Å². The van der Waals surface area contributed by atoms with Crippen molar-refractivity contribution in [3.8, 4) is 5.75 Å². The molecule has 0 saturated carbocycles. The zero-order valence-corrected chi connectivity index (χ0v) is 11.1. The highest BCUT2D eigenvalue weighted by Crippen LogP contribution is 2.34. The average molecular weight is 294 g/mol. The first-order chi connectivity index (χ1) is 9.88. The van der Waals surface area contributed by atoms with Crippen molar-refractivity contribution in [1.29, 1.82) is 0 Å².